The second-order valence-electron chi connectivity index (χ2n) is 4.37. The number of anilines is 1. The van der Waals surface area contributed by atoms with E-state index in [1.165, 1.54) is 0 Å². The number of nitrogens with one attached hydrogen (secondary N) is 1. The van der Waals surface area contributed by atoms with Crippen LogP contribution >= 0.6 is 31.9 Å². The van der Waals surface area contributed by atoms with E-state index < -0.39 is 0 Å². The molecule has 2 aromatic rings. The third-order valence-corrected chi connectivity index (χ3v) is 4.77. The van der Waals surface area contributed by atoms with Gasteiger partial charge in [0.25, 0.3) is 0 Å². The van der Waals surface area contributed by atoms with Gasteiger partial charge >= 0.3 is 5.97 Å². The van der Waals surface area contributed by atoms with Crippen LogP contribution in [0.5, 0.6) is 0 Å². The van der Waals surface area contributed by atoms with Crippen molar-refractivity contribution in [2.24, 2.45) is 0 Å². The molecule has 0 saturated carbocycles. The lowest BCUT2D eigenvalue weighted by Gasteiger charge is -2.11. The van der Waals surface area contributed by atoms with Gasteiger partial charge in [0.2, 0.25) is 0 Å². The SMILES string of the molecule is CCOC(=O)c1ccccc1NCc1ccc(Br)c(Br)c1. The molecule has 21 heavy (non-hydrogen) atoms. The highest BCUT2D eigenvalue weighted by molar-refractivity contribution is 9.13. The third kappa shape index (κ3) is 4.32. The molecule has 0 aliphatic rings. The van der Waals surface area contributed by atoms with Crippen molar-refractivity contribution < 1.29 is 9.53 Å². The molecule has 0 atom stereocenters. The first kappa shape index (κ1) is 16.0. The van der Waals surface area contributed by atoms with E-state index >= 15 is 0 Å². The van der Waals surface area contributed by atoms with Crippen LogP contribution in [0.2, 0.25) is 0 Å². The van der Waals surface area contributed by atoms with Crippen molar-refractivity contribution in [1.82, 2.24) is 0 Å². The van der Waals surface area contributed by atoms with Crippen LogP contribution in [-0.2, 0) is 11.3 Å². The Morgan fingerprint density at radius 2 is 1.90 bits per heavy atom. The molecule has 0 aromatic heterocycles. The number of carbonyl (C=O) groups excluding carboxylic acids is 1. The van der Waals surface area contributed by atoms with E-state index in [0.717, 1.165) is 20.2 Å². The number of carbonyl (C=O) groups is 1. The van der Waals surface area contributed by atoms with Gasteiger partial charge in [-0.3, -0.25) is 0 Å². The molecule has 2 aromatic carbocycles. The minimum atomic E-state index is -0.308. The molecule has 1 N–H and O–H groups in total. The predicted molar refractivity (Wildman–Crippen MR) is 91.6 cm³/mol. The van der Waals surface area contributed by atoms with Crippen LogP contribution in [0.25, 0.3) is 0 Å². The maximum absolute atomic E-state index is 11.9. The molecule has 0 spiro atoms. The van der Waals surface area contributed by atoms with Gasteiger partial charge in [0, 0.05) is 21.2 Å². The van der Waals surface area contributed by atoms with E-state index in [2.05, 4.69) is 37.2 Å². The summed E-state index contributed by atoms with van der Waals surface area (Å²) in [6.45, 7) is 2.79. The van der Waals surface area contributed by atoms with Crippen molar-refractivity contribution in [3.63, 3.8) is 0 Å². The molecule has 0 aliphatic heterocycles. The zero-order valence-electron chi connectivity index (χ0n) is 11.5. The summed E-state index contributed by atoms with van der Waals surface area (Å²) < 4.78 is 7.08. The van der Waals surface area contributed by atoms with Crippen molar-refractivity contribution >= 4 is 43.5 Å². The van der Waals surface area contributed by atoms with E-state index in [4.69, 9.17) is 4.74 Å². The normalized spacial score (nSPS) is 10.2. The average molecular weight is 413 g/mol. The Hall–Kier alpha value is -1.33. The molecule has 2 rings (SSSR count). The second kappa shape index (κ2) is 7.61. The first-order valence-corrected chi connectivity index (χ1v) is 8.14. The van der Waals surface area contributed by atoms with Crippen LogP contribution in [0.15, 0.2) is 51.4 Å². The zero-order chi connectivity index (χ0) is 15.2. The molecule has 0 bridgehead atoms. The number of para-hydroxylation sites is 1. The number of benzene rings is 2. The van der Waals surface area contributed by atoms with Gasteiger partial charge in [-0.15, -0.1) is 0 Å². The Morgan fingerprint density at radius 1 is 1.14 bits per heavy atom. The van der Waals surface area contributed by atoms with Crippen molar-refractivity contribution in [1.29, 1.82) is 0 Å². The molecule has 0 aliphatic carbocycles. The fraction of sp³-hybridized carbons (Fsp3) is 0.188. The summed E-state index contributed by atoms with van der Waals surface area (Å²) in [4.78, 5) is 11.9. The summed E-state index contributed by atoms with van der Waals surface area (Å²) >= 11 is 6.93. The predicted octanol–water partition coefficient (Wildman–Crippen LogP) is 5.00. The van der Waals surface area contributed by atoms with E-state index in [0.29, 0.717) is 18.7 Å². The van der Waals surface area contributed by atoms with Crippen LogP contribution in [0, 0.1) is 0 Å². The fourth-order valence-electron chi connectivity index (χ4n) is 1.87. The van der Waals surface area contributed by atoms with E-state index in [1.54, 1.807) is 13.0 Å². The number of hydrogen-bond acceptors (Lipinski definition) is 3. The van der Waals surface area contributed by atoms with Crippen LogP contribution in [0.1, 0.15) is 22.8 Å². The number of hydrogen-bond donors (Lipinski definition) is 1. The largest absolute Gasteiger partial charge is 0.462 e. The molecule has 110 valence electrons. The topological polar surface area (TPSA) is 38.3 Å². The van der Waals surface area contributed by atoms with Crippen LogP contribution in [0.4, 0.5) is 5.69 Å². The van der Waals surface area contributed by atoms with Gasteiger partial charge in [-0.25, -0.2) is 4.79 Å². The van der Waals surface area contributed by atoms with E-state index in [-0.39, 0.29) is 5.97 Å². The minimum absolute atomic E-state index is 0.308. The number of halogens is 2. The fourth-order valence-corrected chi connectivity index (χ4v) is 2.54. The van der Waals surface area contributed by atoms with Gasteiger partial charge in [-0.2, -0.15) is 0 Å². The molecule has 0 heterocycles. The van der Waals surface area contributed by atoms with E-state index in [9.17, 15) is 4.79 Å². The molecule has 0 saturated heterocycles. The first-order chi connectivity index (χ1) is 10.1. The highest BCUT2D eigenvalue weighted by atomic mass is 79.9. The number of esters is 1. The summed E-state index contributed by atoms with van der Waals surface area (Å²) in [5.41, 5.74) is 2.44. The maximum Gasteiger partial charge on any atom is 0.340 e. The van der Waals surface area contributed by atoms with Crippen molar-refractivity contribution in [2.45, 2.75) is 13.5 Å². The standard InChI is InChI=1S/C16H15Br2NO2/c1-2-21-16(20)12-5-3-4-6-15(12)19-10-11-7-8-13(17)14(18)9-11/h3-9,19H,2,10H2,1H3. The highest BCUT2D eigenvalue weighted by Gasteiger charge is 2.11. The van der Waals surface area contributed by atoms with Gasteiger partial charge < -0.3 is 10.1 Å². The number of rotatable bonds is 5. The molecular weight excluding hydrogens is 398 g/mol. The van der Waals surface area contributed by atoms with Crippen LogP contribution in [-0.4, -0.2) is 12.6 Å². The molecule has 0 fully saturated rings. The molecule has 0 unspecified atom stereocenters. The molecule has 5 heteroatoms. The Kier molecular flexibility index (Phi) is 5.82. The summed E-state index contributed by atoms with van der Waals surface area (Å²) in [5.74, 6) is -0.308. The average Bonchev–Trinajstić information content (AvgIpc) is 2.49. The molecule has 0 radical (unpaired) electrons. The Morgan fingerprint density at radius 3 is 2.62 bits per heavy atom. The number of ether oxygens (including phenoxy) is 1. The summed E-state index contributed by atoms with van der Waals surface area (Å²) in [6, 6.07) is 13.4. The van der Waals surface area contributed by atoms with E-state index in [1.807, 2.05) is 36.4 Å². The second-order valence-corrected chi connectivity index (χ2v) is 6.08. The quantitative estimate of drug-likeness (QED) is 0.702. The van der Waals surface area contributed by atoms with Gasteiger partial charge in [-0.05, 0) is 68.6 Å². The lowest BCUT2D eigenvalue weighted by atomic mass is 10.1. The van der Waals surface area contributed by atoms with Gasteiger partial charge in [-0.1, -0.05) is 18.2 Å². The minimum Gasteiger partial charge on any atom is -0.462 e. The monoisotopic (exact) mass is 411 g/mol. The zero-order valence-corrected chi connectivity index (χ0v) is 14.7. The van der Waals surface area contributed by atoms with Gasteiger partial charge in [0.15, 0.2) is 0 Å². The molecule has 0 amide bonds. The third-order valence-electron chi connectivity index (χ3n) is 2.89. The lowest BCUT2D eigenvalue weighted by Crippen LogP contribution is -2.09. The van der Waals surface area contributed by atoms with Gasteiger partial charge in [0.1, 0.15) is 0 Å². The summed E-state index contributed by atoms with van der Waals surface area (Å²) in [7, 11) is 0. The summed E-state index contributed by atoms with van der Waals surface area (Å²) in [6.07, 6.45) is 0. The summed E-state index contributed by atoms with van der Waals surface area (Å²) in [5, 5.41) is 3.28. The van der Waals surface area contributed by atoms with Crippen LogP contribution in [0.3, 0.4) is 0 Å². The maximum atomic E-state index is 11.9. The smallest absolute Gasteiger partial charge is 0.340 e. The van der Waals surface area contributed by atoms with Gasteiger partial charge in [0.05, 0.1) is 12.2 Å². The van der Waals surface area contributed by atoms with Crippen molar-refractivity contribution in [3.8, 4) is 0 Å². The highest BCUT2D eigenvalue weighted by Crippen LogP contribution is 2.24. The Bertz CT molecular complexity index is 644. The Labute approximate surface area is 141 Å². The van der Waals surface area contributed by atoms with Crippen molar-refractivity contribution in [2.75, 3.05) is 11.9 Å². The lowest BCUT2D eigenvalue weighted by molar-refractivity contribution is 0.0527. The van der Waals surface area contributed by atoms with Crippen LogP contribution < -0.4 is 5.32 Å². The van der Waals surface area contributed by atoms with Crippen molar-refractivity contribution in [3.05, 3.63) is 62.5 Å². The molecular formula is C16H15Br2NO2. The molecule has 3 nitrogen and oxygen atoms in total. The Balaban J connectivity index is 2.12. The first-order valence-electron chi connectivity index (χ1n) is 6.55.